The number of ketones is 1. The zero-order chi connectivity index (χ0) is 31.8. The first-order valence-electron chi connectivity index (χ1n) is 14.4. The standard InChI is InChI=1S/C25H47N7O11/c26-6-13-12(34)3-11(32-24(30)31)22(40-13)43-21-10(28)1-8(2-15(35)25(39)4-9(27)5-25)20(19(21)38)42-23-18(37)16(29)17(36)14(7-33)41-23/h8-14,16-23,33-34,36-39H,1-7,26-29H2,(H4,30,31,32)/t8-,9?,10-,11+,12-,13+,14+,16-,17+,18+,19+,20-,21+,22+,23+,25?/m0/s1. The van der Waals surface area contributed by atoms with Crippen LogP contribution in [0.2, 0.25) is 0 Å². The minimum atomic E-state index is -1.62. The average Bonchev–Trinajstić information content (AvgIpc) is 2.92. The van der Waals surface area contributed by atoms with Crippen LogP contribution in [-0.2, 0) is 23.7 Å². The Labute approximate surface area is 248 Å². The molecule has 2 saturated carbocycles. The van der Waals surface area contributed by atoms with Crippen LogP contribution >= 0.6 is 0 Å². The molecule has 0 aromatic heterocycles. The maximum atomic E-state index is 13.1. The molecule has 0 aromatic rings. The summed E-state index contributed by atoms with van der Waals surface area (Å²) in [5.74, 6) is -1.60. The number of rotatable bonds is 10. The largest absolute Gasteiger partial charge is 0.394 e. The second-order valence-corrected chi connectivity index (χ2v) is 12.2. The highest BCUT2D eigenvalue weighted by molar-refractivity contribution is 5.88. The zero-order valence-corrected chi connectivity index (χ0v) is 23.7. The van der Waals surface area contributed by atoms with Gasteiger partial charge in [-0.05, 0) is 25.2 Å². The average molecular weight is 622 g/mol. The molecule has 0 bridgehead atoms. The molecule has 43 heavy (non-hydrogen) atoms. The van der Waals surface area contributed by atoms with Gasteiger partial charge in [-0.3, -0.25) is 4.79 Å². The Morgan fingerprint density at radius 1 is 0.907 bits per heavy atom. The Kier molecular flexibility index (Phi) is 11.0. The van der Waals surface area contributed by atoms with Crippen LogP contribution < -0.4 is 34.4 Å². The van der Waals surface area contributed by atoms with Gasteiger partial charge in [-0.15, -0.1) is 0 Å². The number of hydrogen-bond acceptors (Lipinski definition) is 16. The number of guanidine groups is 1. The molecule has 2 heterocycles. The van der Waals surface area contributed by atoms with E-state index < -0.39 is 103 Å². The third-order valence-corrected chi connectivity index (χ3v) is 8.90. The topological polar surface area (TPSA) is 344 Å². The van der Waals surface area contributed by atoms with E-state index in [1.165, 1.54) is 0 Å². The highest BCUT2D eigenvalue weighted by atomic mass is 16.7. The van der Waals surface area contributed by atoms with Crippen LogP contribution in [0, 0.1) is 5.92 Å². The number of hydrogen-bond donors (Lipinski definition) is 12. The molecule has 4 aliphatic rings. The zero-order valence-electron chi connectivity index (χ0n) is 23.7. The Hall–Kier alpha value is -1.62. The lowest BCUT2D eigenvalue weighted by Crippen LogP contribution is -2.66. The van der Waals surface area contributed by atoms with E-state index in [2.05, 4.69) is 4.99 Å². The Morgan fingerprint density at radius 2 is 1.53 bits per heavy atom. The summed E-state index contributed by atoms with van der Waals surface area (Å²) in [5.41, 5.74) is 33.4. The number of nitrogens with two attached hydrogens (primary N) is 6. The molecule has 4 fully saturated rings. The van der Waals surface area contributed by atoms with Crippen molar-refractivity contribution in [2.24, 2.45) is 45.3 Å². The summed E-state index contributed by atoms with van der Waals surface area (Å²) in [6, 6.07) is -3.37. The monoisotopic (exact) mass is 621 g/mol. The van der Waals surface area contributed by atoms with Crippen LogP contribution in [0.4, 0.5) is 0 Å². The predicted molar refractivity (Wildman–Crippen MR) is 147 cm³/mol. The summed E-state index contributed by atoms with van der Waals surface area (Å²) in [6.45, 7) is -0.688. The van der Waals surface area contributed by atoms with Gasteiger partial charge in [0.1, 0.15) is 42.2 Å². The molecule has 18 nitrogen and oxygen atoms in total. The summed E-state index contributed by atoms with van der Waals surface area (Å²) < 4.78 is 23.6. The fourth-order valence-electron chi connectivity index (χ4n) is 6.42. The molecular weight excluding hydrogens is 574 g/mol. The number of carbonyl (C=O) groups excluding carboxylic acids is 1. The Balaban J connectivity index is 1.59. The molecule has 0 amide bonds. The van der Waals surface area contributed by atoms with Crippen molar-refractivity contribution in [3.8, 4) is 0 Å². The van der Waals surface area contributed by atoms with Gasteiger partial charge in [-0.25, -0.2) is 4.99 Å². The molecule has 0 aromatic carbocycles. The van der Waals surface area contributed by atoms with Crippen molar-refractivity contribution in [2.45, 2.75) is 123 Å². The van der Waals surface area contributed by atoms with Crippen LogP contribution in [0.3, 0.4) is 0 Å². The molecule has 248 valence electrons. The van der Waals surface area contributed by atoms with Gasteiger partial charge in [0.05, 0.1) is 31.0 Å². The third-order valence-electron chi connectivity index (χ3n) is 8.90. The highest BCUT2D eigenvalue weighted by Gasteiger charge is 2.53. The smallest absolute Gasteiger partial charge is 0.186 e. The quantitative estimate of drug-likeness (QED) is 0.0796. The second kappa shape index (κ2) is 13.8. The molecule has 14 atom stereocenters. The normalized spacial score (nSPS) is 48.7. The molecule has 0 unspecified atom stereocenters. The van der Waals surface area contributed by atoms with Crippen molar-refractivity contribution in [1.29, 1.82) is 0 Å². The number of carbonyl (C=O) groups is 1. The van der Waals surface area contributed by atoms with Crippen molar-refractivity contribution in [3.63, 3.8) is 0 Å². The fourth-order valence-corrected chi connectivity index (χ4v) is 6.42. The molecule has 4 rings (SSSR count). The van der Waals surface area contributed by atoms with Crippen molar-refractivity contribution in [1.82, 2.24) is 0 Å². The van der Waals surface area contributed by atoms with Gasteiger partial charge in [0, 0.05) is 31.5 Å². The van der Waals surface area contributed by atoms with Gasteiger partial charge in [0.15, 0.2) is 24.3 Å². The van der Waals surface area contributed by atoms with Crippen molar-refractivity contribution >= 4 is 11.7 Å². The molecule has 0 radical (unpaired) electrons. The van der Waals surface area contributed by atoms with Crippen LogP contribution in [0.5, 0.6) is 0 Å². The van der Waals surface area contributed by atoms with Gasteiger partial charge < -0.3 is 84.0 Å². The number of aliphatic hydroxyl groups excluding tert-OH is 5. The first-order valence-corrected chi connectivity index (χ1v) is 14.4. The van der Waals surface area contributed by atoms with Gasteiger partial charge in [0.2, 0.25) is 0 Å². The first kappa shape index (κ1) is 34.3. The minimum absolute atomic E-state index is 0.0329. The Bertz CT molecular complexity index is 985. The second-order valence-electron chi connectivity index (χ2n) is 12.2. The molecule has 2 saturated heterocycles. The van der Waals surface area contributed by atoms with Crippen LogP contribution in [0.1, 0.15) is 32.1 Å². The summed E-state index contributed by atoms with van der Waals surface area (Å²) in [7, 11) is 0. The van der Waals surface area contributed by atoms with E-state index in [9.17, 15) is 35.4 Å². The number of nitrogens with zero attached hydrogens (tertiary/aromatic N) is 1. The molecule has 2 aliphatic heterocycles. The molecule has 0 spiro atoms. The van der Waals surface area contributed by atoms with Crippen molar-refractivity contribution in [2.75, 3.05) is 13.2 Å². The van der Waals surface area contributed by atoms with Crippen molar-refractivity contribution < 1.29 is 54.4 Å². The highest BCUT2D eigenvalue weighted by Crippen LogP contribution is 2.39. The third kappa shape index (κ3) is 7.28. The van der Waals surface area contributed by atoms with E-state index in [1.807, 2.05) is 0 Å². The summed E-state index contributed by atoms with van der Waals surface area (Å²) in [4.78, 5) is 17.2. The number of ether oxygens (including phenoxy) is 4. The van der Waals surface area contributed by atoms with Gasteiger partial charge in [-0.2, -0.15) is 0 Å². The summed E-state index contributed by atoms with van der Waals surface area (Å²) in [6.07, 6.45) is -12.8. The van der Waals surface area contributed by atoms with E-state index in [0.29, 0.717) is 0 Å². The van der Waals surface area contributed by atoms with E-state index >= 15 is 0 Å². The Morgan fingerprint density at radius 3 is 2.12 bits per heavy atom. The molecule has 18 N–H and O–H groups in total. The van der Waals surface area contributed by atoms with Gasteiger partial charge in [-0.1, -0.05) is 0 Å². The number of Topliss-reactive ketones (excluding diaryl/α,β-unsaturated/α-hetero) is 1. The van der Waals surface area contributed by atoms with Crippen LogP contribution in [0.15, 0.2) is 4.99 Å². The van der Waals surface area contributed by atoms with E-state index in [1.54, 1.807) is 0 Å². The number of aliphatic hydroxyl groups is 6. The molecular formula is C25H47N7O11. The van der Waals surface area contributed by atoms with E-state index in [4.69, 9.17) is 53.3 Å². The fraction of sp³-hybridized carbons (Fsp3) is 0.920. The van der Waals surface area contributed by atoms with Crippen molar-refractivity contribution in [3.05, 3.63) is 0 Å². The van der Waals surface area contributed by atoms with Crippen LogP contribution in [0.25, 0.3) is 0 Å². The maximum absolute atomic E-state index is 13.1. The van der Waals surface area contributed by atoms with Gasteiger partial charge in [0.25, 0.3) is 0 Å². The number of aliphatic imine (C=N–C) groups is 1. The lowest BCUT2D eigenvalue weighted by Gasteiger charge is -2.49. The van der Waals surface area contributed by atoms with E-state index in [0.717, 1.165) is 0 Å². The molecule has 2 aliphatic carbocycles. The van der Waals surface area contributed by atoms with Crippen LogP contribution in [-0.4, -0.2) is 147 Å². The maximum Gasteiger partial charge on any atom is 0.186 e. The lowest BCUT2D eigenvalue weighted by atomic mass is 9.69. The minimum Gasteiger partial charge on any atom is -0.394 e. The SMILES string of the molecule is NC[C@H]1O[C@H](O[C@H]2[C@H](O)[C@@H](O[C@H]3O[C@H](CO)[C@@H](O)[C@H](N)[C@H]3O)[C@H](CC(=O)C3(O)CC(N)C3)C[C@@H]2N)[C@H](N=C(N)N)C[C@@H]1O. The first-order chi connectivity index (χ1) is 20.2. The van der Waals surface area contributed by atoms with E-state index in [-0.39, 0.29) is 50.7 Å². The van der Waals surface area contributed by atoms with Gasteiger partial charge >= 0.3 is 0 Å². The summed E-state index contributed by atoms with van der Waals surface area (Å²) in [5, 5.41) is 63.3. The predicted octanol–water partition coefficient (Wildman–Crippen LogP) is -6.88. The lowest BCUT2D eigenvalue weighted by molar-refractivity contribution is -0.319. The molecule has 18 heteroatoms. The summed E-state index contributed by atoms with van der Waals surface area (Å²) >= 11 is 0.